The first kappa shape index (κ1) is 17.7. The number of rotatable bonds is 6. The molecule has 0 bridgehead atoms. The van der Waals surface area contributed by atoms with Crippen LogP contribution in [0.5, 0.6) is 0 Å². The first-order valence-electron chi connectivity index (χ1n) is 7.72. The fourth-order valence-corrected chi connectivity index (χ4v) is 2.21. The largest absolute Gasteiger partial charge is 0.460 e. The smallest absolute Gasteiger partial charge is 0.307 e. The van der Waals surface area contributed by atoms with Gasteiger partial charge in [0.15, 0.2) is 0 Å². The lowest BCUT2D eigenvalue weighted by molar-refractivity contribution is -0.155. The molecule has 0 aliphatic heterocycles. The molecule has 1 aromatic carbocycles. The minimum atomic E-state index is -0.427. The number of esters is 1. The third-order valence-corrected chi connectivity index (χ3v) is 3.37. The average molecular weight is 291 g/mol. The lowest BCUT2D eigenvalue weighted by Gasteiger charge is -2.28. The molecule has 0 spiro atoms. The van der Waals surface area contributed by atoms with E-state index in [4.69, 9.17) is 4.74 Å². The second kappa shape index (κ2) is 7.60. The Bertz CT molecular complexity index is 434. The monoisotopic (exact) mass is 291 g/mol. The fourth-order valence-electron chi connectivity index (χ4n) is 2.21. The molecule has 3 heteroatoms. The van der Waals surface area contributed by atoms with Gasteiger partial charge in [0, 0.05) is 12.1 Å². The van der Waals surface area contributed by atoms with Crippen molar-refractivity contribution in [1.82, 2.24) is 5.32 Å². The van der Waals surface area contributed by atoms with Gasteiger partial charge < -0.3 is 10.1 Å². The summed E-state index contributed by atoms with van der Waals surface area (Å²) in [7, 11) is 0. The summed E-state index contributed by atoms with van der Waals surface area (Å²) in [5.41, 5.74) is 0.802. The number of hydrogen-bond acceptors (Lipinski definition) is 3. The molecule has 1 aromatic rings. The second-order valence-corrected chi connectivity index (χ2v) is 6.94. The van der Waals surface area contributed by atoms with E-state index in [-0.39, 0.29) is 18.1 Å². The van der Waals surface area contributed by atoms with E-state index in [9.17, 15) is 4.79 Å². The van der Waals surface area contributed by atoms with Crippen LogP contribution in [-0.2, 0) is 9.53 Å². The molecule has 0 aliphatic rings. The number of hydrogen-bond donors (Lipinski definition) is 1. The third-order valence-electron chi connectivity index (χ3n) is 3.37. The predicted octanol–water partition coefficient (Wildman–Crippen LogP) is 4.09. The van der Waals surface area contributed by atoms with Gasteiger partial charge in [-0.2, -0.15) is 0 Å². The van der Waals surface area contributed by atoms with Gasteiger partial charge in [-0.25, -0.2) is 0 Å². The maximum Gasteiger partial charge on any atom is 0.307 e. The van der Waals surface area contributed by atoms with Crippen LogP contribution < -0.4 is 5.32 Å². The van der Waals surface area contributed by atoms with Crippen LogP contribution >= 0.6 is 0 Å². The molecule has 0 saturated carbocycles. The van der Waals surface area contributed by atoms with Gasteiger partial charge in [0.05, 0.1) is 6.42 Å². The van der Waals surface area contributed by atoms with Gasteiger partial charge in [-0.15, -0.1) is 0 Å². The Balaban J connectivity index is 2.64. The van der Waals surface area contributed by atoms with Crippen LogP contribution in [-0.4, -0.2) is 17.6 Å². The number of benzene rings is 1. The molecule has 0 radical (unpaired) electrons. The third kappa shape index (κ3) is 6.76. The van der Waals surface area contributed by atoms with Crippen molar-refractivity contribution in [2.45, 2.75) is 65.6 Å². The highest BCUT2D eigenvalue weighted by molar-refractivity contribution is 5.70. The molecular weight excluding hydrogens is 262 g/mol. The minimum Gasteiger partial charge on any atom is -0.460 e. The highest BCUT2D eigenvalue weighted by Gasteiger charge is 2.23. The highest BCUT2D eigenvalue weighted by Crippen LogP contribution is 2.18. The first-order chi connectivity index (χ1) is 9.69. The molecule has 0 fully saturated rings. The molecule has 1 rings (SSSR count). The number of ether oxygens (including phenoxy) is 1. The van der Waals surface area contributed by atoms with Gasteiger partial charge >= 0.3 is 5.97 Å². The fraction of sp³-hybridized carbons (Fsp3) is 0.611. The molecule has 2 atom stereocenters. The standard InChI is InChI=1S/C18H29NO2/c1-13(2)16(12-17(20)21-18(4,5)6)19-14(3)15-10-8-7-9-11-15/h7-11,13-14,16,19H,12H2,1-6H3. The summed E-state index contributed by atoms with van der Waals surface area (Å²) < 4.78 is 5.43. The maximum atomic E-state index is 12.0. The van der Waals surface area contributed by atoms with Crippen LogP contribution in [0.3, 0.4) is 0 Å². The van der Waals surface area contributed by atoms with Gasteiger partial charge in [0.25, 0.3) is 0 Å². The van der Waals surface area contributed by atoms with Gasteiger partial charge in [-0.1, -0.05) is 44.2 Å². The van der Waals surface area contributed by atoms with E-state index >= 15 is 0 Å². The van der Waals surface area contributed by atoms with E-state index in [0.29, 0.717) is 12.3 Å². The number of carbonyl (C=O) groups excluding carboxylic acids is 1. The van der Waals surface area contributed by atoms with Crippen LogP contribution in [0.4, 0.5) is 0 Å². The summed E-state index contributed by atoms with van der Waals surface area (Å²) in [4.78, 5) is 12.0. The molecule has 0 aromatic heterocycles. The van der Waals surface area contributed by atoms with Crippen LogP contribution in [0.15, 0.2) is 30.3 Å². The quantitative estimate of drug-likeness (QED) is 0.802. The van der Waals surface area contributed by atoms with Crippen molar-refractivity contribution >= 4 is 5.97 Å². The molecule has 0 heterocycles. The molecule has 0 amide bonds. The van der Waals surface area contributed by atoms with Crippen LogP contribution in [0, 0.1) is 5.92 Å². The Hall–Kier alpha value is -1.35. The molecule has 2 unspecified atom stereocenters. The van der Waals surface area contributed by atoms with E-state index in [1.165, 1.54) is 5.56 Å². The Morgan fingerprint density at radius 1 is 1.14 bits per heavy atom. The number of nitrogens with one attached hydrogen (secondary N) is 1. The normalized spacial score (nSPS) is 14.8. The zero-order valence-corrected chi connectivity index (χ0v) is 14.1. The summed E-state index contributed by atoms with van der Waals surface area (Å²) in [5, 5.41) is 3.55. The molecule has 3 nitrogen and oxygen atoms in total. The van der Waals surface area contributed by atoms with Gasteiger partial charge in [-0.05, 0) is 39.2 Å². The van der Waals surface area contributed by atoms with E-state index < -0.39 is 5.60 Å². The zero-order chi connectivity index (χ0) is 16.0. The summed E-state index contributed by atoms with van der Waals surface area (Å²) in [6.45, 7) is 12.1. The van der Waals surface area contributed by atoms with E-state index in [1.54, 1.807) is 0 Å². The lowest BCUT2D eigenvalue weighted by Crippen LogP contribution is -2.39. The van der Waals surface area contributed by atoms with Crippen LogP contribution in [0.25, 0.3) is 0 Å². The van der Waals surface area contributed by atoms with Crippen molar-refractivity contribution in [2.24, 2.45) is 5.92 Å². The molecule has 21 heavy (non-hydrogen) atoms. The molecule has 1 N–H and O–H groups in total. The van der Waals surface area contributed by atoms with Crippen molar-refractivity contribution in [2.75, 3.05) is 0 Å². The summed E-state index contributed by atoms with van der Waals surface area (Å²) in [6.07, 6.45) is 0.395. The topological polar surface area (TPSA) is 38.3 Å². The van der Waals surface area contributed by atoms with Gasteiger partial charge in [0.1, 0.15) is 5.60 Å². The maximum absolute atomic E-state index is 12.0. The Morgan fingerprint density at radius 3 is 2.19 bits per heavy atom. The van der Waals surface area contributed by atoms with Crippen LogP contribution in [0.1, 0.15) is 59.6 Å². The van der Waals surface area contributed by atoms with Crippen LogP contribution in [0.2, 0.25) is 0 Å². The van der Waals surface area contributed by atoms with Crippen molar-refractivity contribution in [3.63, 3.8) is 0 Å². The number of carbonyl (C=O) groups is 1. The molecule has 0 saturated heterocycles. The minimum absolute atomic E-state index is 0.107. The first-order valence-corrected chi connectivity index (χ1v) is 7.72. The van der Waals surface area contributed by atoms with Crippen molar-refractivity contribution < 1.29 is 9.53 Å². The highest BCUT2D eigenvalue weighted by atomic mass is 16.6. The van der Waals surface area contributed by atoms with E-state index in [0.717, 1.165) is 0 Å². The molecule has 0 aliphatic carbocycles. The second-order valence-electron chi connectivity index (χ2n) is 6.94. The van der Waals surface area contributed by atoms with Crippen molar-refractivity contribution in [1.29, 1.82) is 0 Å². The summed E-state index contributed by atoms with van der Waals surface area (Å²) >= 11 is 0. The molecular formula is C18H29NO2. The Kier molecular flexibility index (Phi) is 6.41. The summed E-state index contributed by atoms with van der Waals surface area (Å²) in [6, 6.07) is 10.6. The summed E-state index contributed by atoms with van der Waals surface area (Å²) in [5.74, 6) is 0.220. The van der Waals surface area contributed by atoms with Gasteiger partial charge in [-0.3, -0.25) is 4.79 Å². The van der Waals surface area contributed by atoms with Gasteiger partial charge in [0.2, 0.25) is 0 Å². The molecule has 118 valence electrons. The Labute approximate surface area is 129 Å². The van der Waals surface area contributed by atoms with Crippen molar-refractivity contribution in [3.05, 3.63) is 35.9 Å². The zero-order valence-electron chi connectivity index (χ0n) is 14.1. The Morgan fingerprint density at radius 2 is 1.71 bits per heavy atom. The van der Waals surface area contributed by atoms with E-state index in [2.05, 4.69) is 38.2 Å². The van der Waals surface area contributed by atoms with E-state index in [1.807, 2.05) is 39.0 Å². The SMILES string of the molecule is CC(NC(CC(=O)OC(C)(C)C)C(C)C)c1ccccc1. The predicted molar refractivity (Wildman–Crippen MR) is 87.1 cm³/mol. The lowest BCUT2D eigenvalue weighted by atomic mass is 9.98. The van der Waals surface area contributed by atoms with Crippen molar-refractivity contribution in [3.8, 4) is 0 Å². The average Bonchev–Trinajstić information content (AvgIpc) is 2.36.